The first-order chi connectivity index (χ1) is 12.8. The first-order valence-electron chi connectivity index (χ1n) is 8.70. The summed E-state index contributed by atoms with van der Waals surface area (Å²) in [5.41, 5.74) is 5.12. The van der Waals surface area contributed by atoms with Gasteiger partial charge in [0.15, 0.2) is 0 Å². The number of rotatable bonds is 2. The molecule has 0 atom stereocenters. The van der Waals surface area contributed by atoms with Crippen LogP contribution in [0.25, 0.3) is 21.0 Å². The van der Waals surface area contributed by atoms with Crippen LogP contribution < -0.4 is 4.90 Å². The monoisotopic (exact) mass is 394 g/mol. The minimum absolute atomic E-state index is 0.0400. The van der Waals surface area contributed by atoms with Crippen molar-refractivity contribution in [1.82, 2.24) is 4.98 Å². The average molecular weight is 395 g/mol. The lowest BCUT2D eigenvalue weighted by Crippen LogP contribution is -2.26. The number of aryl methyl sites for hydroxylation is 3. The van der Waals surface area contributed by atoms with E-state index in [2.05, 4.69) is 17.1 Å². The van der Waals surface area contributed by atoms with Crippen molar-refractivity contribution in [3.8, 4) is 0 Å². The van der Waals surface area contributed by atoms with Crippen LogP contribution >= 0.6 is 22.9 Å². The van der Waals surface area contributed by atoms with Gasteiger partial charge in [0, 0.05) is 28.2 Å². The van der Waals surface area contributed by atoms with E-state index in [1.165, 1.54) is 11.3 Å². The van der Waals surface area contributed by atoms with Crippen LogP contribution in [-0.2, 0) is 0 Å². The third-order valence-corrected chi connectivity index (χ3v) is 6.26. The van der Waals surface area contributed by atoms with E-state index in [0.717, 1.165) is 43.4 Å². The molecule has 0 bridgehead atoms. The van der Waals surface area contributed by atoms with Crippen molar-refractivity contribution in [3.05, 3.63) is 69.2 Å². The second kappa shape index (κ2) is 6.63. The Morgan fingerprint density at radius 3 is 2.48 bits per heavy atom. The number of aromatic nitrogens is 1. The van der Waals surface area contributed by atoms with Crippen LogP contribution in [0.5, 0.6) is 0 Å². The van der Waals surface area contributed by atoms with Gasteiger partial charge in [-0.3, -0.25) is 4.79 Å². The highest BCUT2D eigenvalue weighted by Crippen LogP contribution is 2.37. The molecule has 0 fully saturated rings. The number of benzene rings is 2. The van der Waals surface area contributed by atoms with Gasteiger partial charge >= 0.3 is 0 Å². The topological polar surface area (TPSA) is 33.2 Å². The fourth-order valence-corrected chi connectivity index (χ4v) is 4.76. The van der Waals surface area contributed by atoms with E-state index in [1.807, 2.05) is 58.2 Å². The number of pyridine rings is 1. The molecule has 5 heteroatoms. The van der Waals surface area contributed by atoms with E-state index in [-0.39, 0.29) is 5.91 Å². The maximum atomic E-state index is 13.2. The molecule has 0 spiro atoms. The van der Waals surface area contributed by atoms with Crippen LogP contribution in [0.2, 0.25) is 5.15 Å². The van der Waals surface area contributed by atoms with Gasteiger partial charge in [-0.1, -0.05) is 35.4 Å². The molecule has 0 unspecified atom stereocenters. The molecule has 4 rings (SSSR count). The molecule has 0 aliphatic rings. The highest BCUT2D eigenvalue weighted by atomic mass is 35.5. The molecule has 4 aromatic rings. The van der Waals surface area contributed by atoms with Crippen molar-refractivity contribution < 1.29 is 4.79 Å². The summed E-state index contributed by atoms with van der Waals surface area (Å²) in [6.07, 6.45) is 0. The molecular weight excluding hydrogens is 376 g/mol. The zero-order valence-corrected chi connectivity index (χ0v) is 17.2. The Bertz CT molecular complexity index is 1210. The molecule has 0 aliphatic heterocycles. The van der Waals surface area contributed by atoms with Gasteiger partial charge in [-0.15, -0.1) is 11.3 Å². The largest absolute Gasteiger partial charge is 0.310 e. The minimum atomic E-state index is -0.0400. The number of carbonyl (C=O) groups excluding carboxylic acids is 1. The summed E-state index contributed by atoms with van der Waals surface area (Å²) in [6, 6.07) is 14.1. The van der Waals surface area contributed by atoms with Crippen molar-refractivity contribution in [1.29, 1.82) is 0 Å². The summed E-state index contributed by atoms with van der Waals surface area (Å²) >= 11 is 7.88. The molecule has 0 saturated carbocycles. The molecule has 136 valence electrons. The molecule has 2 heterocycles. The third kappa shape index (κ3) is 3.09. The van der Waals surface area contributed by atoms with Crippen molar-refractivity contribution in [3.63, 3.8) is 0 Å². The SMILES string of the molecule is Cc1ccc(C)c(N(C)C(=O)c2cc3c(Cl)nc4ccc(C)cc4c3s2)c1. The number of halogens is 1. The van der Waals surface area contributed by atoms with Gasteiger partial charge in [0.1, 0.15) is 5.15 Å². The fraction of sp³-hybridized carbons (Fsp3) is 0.182. The summed E-state index contributed by atoms with van der Waals surface area (Å²) in [6.45, 7) is 6.09. The van der Waals surface area contributed by atoms with E-state index in [4.69, 9.17) is 11.6 Å². The molecule has 2 aromatic carbocycles. The Hall–Kier alpha value is -2.43. The number of thiophene rings is 1. The van der Waals surface area contributed by atoms with Crippen LogP contribution in [-0.4, -0.2) is 17.9 Å². The van der Waals surface area contributed by atoms with E-state index in [9.17, 15) is 4.79 Å². The molecule has 27 heavy (non-hydrogen) atoms. The van der Waals surface area contributed by atoms with Gasteiger partial charge in [-0.05, 0) is 56.2 Å². The van der Waals surface area contributed by atoms with Crippen LogP contribution in [0.3, 0.4) is 0 Å². The van der Waals surface area contributed by atoms with Gasteiger partial charge in [0.2, 0.25) is 0 Å². The van der Waals surface area contributed by atoms with Crippen molar-refractivity contribution in [2.75, 3.05) is 11.9 Å². The number of fused-ring (bicyclic) bond motifs is 3. The smallest absolute Gasteiger partial charge is 0.268 e. The zero-order chi connectivity index (χ0) is 19.3. The summed E-state index contributed by atoms with van der Waals surface area (Å²) in [5.74, 6) is -0.0400. The van der Waals surface area contributed by atoms with Gasteiger partial charge in [-0.2, -0.15) is 0 Å². The van der Waals surface area contributed by atoms with E-state index in [0.29, 0.717) is 10.0 Å². The number of hydrogen-bond donors (Lipinski definition) is 0. The minimum Gasteiger partial charge on any atom is -0.310 e. The molecule has 0 aliphatic carbocycles. The first-order valence-corrected chi connectivity index (χ1v) is 9.89. The van der Waals surface area contributed by atoms with Crippen LogP contribution in [0.15, 0.2) is 42.5 Å². The third-order valence-electron chi connectivity index (χ3n) is 4.81. The van der Waals surface area contributed by atoms with Crippen LogP contribution in [0.4, 0.5) is 5.69 Å². The normalized spacial score (nSPS) is 11.3. The quantitative estimate of drug-likeness (QED) is 0.373. The standard InChI is InChI=1S/C22H19ClN2OS/c1-12-6-8-17-15(9-12)20-16(21(23)24-17)11-19(27-20)22(26)25(4)18-10-13(2)5-7-14(18)3/h5-11H,1-4H3. The second-order valence-electron chi connectivity index (χ2n) is 6.93. The Labute approximate surface area is 167 Å². The maximum Gasteiger partial charge on any atom is 0.268 e. The maximum absolute atomic E-state index is 13.2. The van der Waals surface area contributed by atoms with Crippen molar-refractivity contribution in [2.45, 2.75) is 20.8 Å². The zero-order valence-electron chi connectivity index (χ0n) is 15.6. The van der Waals surface area contributed by atoms with Gasteiger partial charge in [0.05, 0.1) is 10.4 Å². The molecule has 2 aromatic heterocycles. The predicted molar refractivity (Wildman–Crippen MR) is 116 cm³/mol. The van der Waals surface area contributed by atoms with Crippen molar-refractivity contribution >= 4 is 55.5 Å². The number of amides is 1. The molecule has 3 nitrogen and oxygen atoms in total. The summed E-state index contributed by atoms with van der Waals surface area (Å²) in [4.78, 5) is 20.0. The highest BCUT2D eigenvalue weighted by Gasteiger charge is 2.20. The Balaban J connectivity index is 1.85. The summed E-state index contributed by atoms with van der Waals surface area (Å²) < 4.78 is 1.01. The molecule has 0 radical (unpaired) electrons. The number of hydrogen-bond acceptors (Lipinski definition) is 3. The first kappa shape index (κ1) is 18.0. The lowest BCUT2D eigenvalue weighted by molar-refractivity contribution is 0.0997. The average Bonchev–Trinajstić information content (AvgIpc) is 3.09. The van der Waals surface area contributed by atoms with Crippen LogP contribution in [0.1, 0.15) is 26.4 Å². The van der Waals surface area contributed by atoms with Gasteiger partial charge in [-0.25, -0.2) is 4.98 Å². The molecule has 0 N–H and O–H groups in total. The Kier molecular flexibility index (Phi) is 4.41. The number of nitrogens with zero attached hydrogens (tertiary/aromatic N) is 2. The van der Waals surface area contributed by atoms with Gasteiger partial charge in [0.25, 0.3) is 5.91 Å². The van der Waals surface area contributed by atoms with Crippen molar-refractivity contribution in [2.24, 2.45) is 0 Å². The Morgan fingerprint density at radius 1 is 1.00 bits per heavy atom. The van der Waals surface area contributed by atoms with Crippen LogP contribution in [0, 0.1) is 20.8 Å². The number of carbonyl (C=O) groups is 1. The van der Waals surface area contributed by atoms with E-state index in [1.54, 1.807) is 4.90 Å². The second-order valence-corrected chi connectivity index (χ2v) is 8.34. The molecular formula is C22H19ClN2OS. The van der Waals surface area contributed by atoms with E-state index >= 15 is 0 Å². The predicted octanol–water partition coefficient (Wildman–Crippen LogP) is 6.30. The highest BCUT2D eigenvalue weighted by molar-refractivity contribution is 7.22. The lowest BCUT2D eigenvalue weighted by atomic mass is 10.1. The lowest BCUT2D eigenvalue weighted by Gasteiger charge is -2.19. The summed E-state index contributed by atoms with van der Waals surface area (Å²) in [5, 5.41) is 2.30. The fourth-order valence-electron chi connectivity index (χ4n) is 3.30. The molecule has 0 saturated heterocycles. The number of anilines is 1. The summed E-state index contributed by atoms with van der Waals surface area (Å²) in [7, 11) is 1.82. The van der Waals surface area contributed by atoms with Gasteiger partial charge < -0.3 is 4.90 Å². The molecule has 1 amide bonds. The van der Waals surface area contributed by atoms with E-state index < -0.39 is 0 Å². The Morgan fingerprint density at radius 2 is 1.70 bits per heavy atom.